The smallest absolute Gasteiger partial charge is 0.171 e. The number of thiocarbonyl (C=S) groups is 1. The van der Waals surface area contributed by atoms with E-state index in [1.54, 1.807) is 0 Å². The summed E-state index contributed by atoms with van der Waals surface area (Å²) in [6, 6.07) is 13.4. The molecular weight excluding hydrogens is 332 g/mol. The van der Waals surface area contributed by atoms with Gasteiger partial charge in [-0.05, 0) is 61.1 Å². The second-order valence-corrected chi connectivity index (χ2v) is 6.07. The van der Waals surface area contributed by atoms with Crippen molar-refractivity contribution in [2.75, 3.05) is 18.5 Å². The highest BCUT2D eigenvalue weighted by atomic mass is 35.5. The van der Waals surface area contributed by atoms with Crippen LogP contribution >= 0.6 is 23.8 Å². The van der Waals surface area contributed by atoms with E-state index < -0.39 is 0 Å². The predicted octanol–water partition coefficient (Wildman–Crippen LogP) is 4.16. The van der Waals surface area contributed by atoms with Crippen molar-refractivity contribution in [3.8, 4) is 11.5 Å². The van der Waals surface area contributed by atoms with Crippen LogP contribution in [0.4, 0.5) is 5.69 Å². The van der Waals surface area contributed by atoms with Crippen LogP contribution in [0.25, 0.3) is 0 Å². The van der Waals surface area contributed by atoms with Gasteiger partial charge in [-0.15, -0.1) is 0 Å². The van der Waals surface area contributed by atoms with E-state index in [9.17, 15) is 0 Å². The van der Waals surface area contributed by atoms with Gasteiger partial charge >= 0.3 is 0 Å². The average Bonchev–Trinajstić information content (AvgIpc) is 2.56. The molecule has 1 atom stereocenters. The van der Waals surface area contributed by atoms with Crippen LogP contribution in [0.3, 0.4) is 0 Å². The third-order valence-corrected chi connectivity index (χ3v) is 3.99. The first kappa shape index (κ1) is 15.9. The van der Waals surface area contributed by atoms with Crippen LogP contribution in [0.15, 0.2) is 42.5 Å². The number of halogens is 1. The number of rotatable bonds is 3. The summed E-state index contributed by atoms with van der Waals surface area (Å²) in [6.45, 7) is 3.21. The lowest BCUT2D eigenvalue weighted by Crippen LogP contribution is -2.31. The van der Waals surface area contributed by atoms with Gasteiger partial charge in [0.2, 0.25) is 0 Å². The first-order valence-electron chi connectivity index (χ1n) is 7.34. The molecule has 0 aromatic heterocycles. The van der Waals surface area contributed by atoms with Crippen molar-refractivity contribution in [1.82, 2.24) is 5.32 Å². The molecule has 3 rings (SSSR count). The zero-order valence-corrected chi connectivity index (χ0v) is 14.2. The molecule has 6 heteroatoms. The number of nitrogens with one attached hydrogen (secondary N) is 2. The lowest BCUT2D eigenvalue weighted by atomic mass is 10.1. The van der Waals surface area contributed by atoms with Gasteiger partial charge in [-0.2, -0.15) is 0 Å². The second-order valence-electron chi connectivity index (χ2n) is 5.23. The van der Waals surface area contributed by atoms with Crippen molar-refractivity contribution >= 4 is 34.6 Å². The molecule has 120 valence electrons. The quantitative estimate of drug-likeness (QED) is 0.815. The van der Waals surface area contributed by atoms with Crippen molar-refractivity contribution in [2.45, 2.75) is 13.0 Å². The van der Waals surface area contributed by atoms with Gasteiger partial charge in [0.05, 0.1) is 6.04 Å². The molecule has 0 amide bonds. The van der Waals surface area contributed by atoms with E-state index in [-0.39, 0.29) is 6.04 Å². The summed E-state index contributed by atoms with van der Waals surface area (Å²) in [5.74, 6) is 1.56. The van der Waals surface area contributed by atoms with Crippen molar-refractivity contribution in [2.24, 2.45) is 0 Å². The van der Waals surface area contributed by atoms with Gasteiger partial charge < -0.3 is 20.1 Å². The molecule has 2 N–H and O–H groups in total. The van der Waals surface area contributed by atoms with Gasteiger partial charge in [-0.3, -0.25) is 0 Å². The van der Waals surface area contributed by atoms with E-state index in [1.807, 2.05) is 49.4 Å². The fourth-order valence-corrected chi connectivity index (χ4v) is 2.73. The van der Waals surface area contributed by atoms with Crippen molar-refractivity contribution < 1.29 is 9.47 Å². The molecule has 0 saturated carbocycles. The fraction of sp³-hybridized carbons (Fsp3) is 0.235. The maximum absolute atomic E-state index is 5.87. The third-order valence-electron chi connectivity index (χ3n) is 3.52. The standard InChI is InChI=1S/C17H17ClN2O2S/c1-11(12-2-7-15-16(10-12)22-9-8-21-15)19-17(23)20-14-5-3-13(18)4-6-14/h2-7,10-11H,8-9H2,1H3,(H2,19,20,23)/t11-/m0/s1. The van der Waals surface area contributed by atoms with E-state index in [2.05, 4.69) is 10.6 Å². The Morgan fingerprint density at radius 2 is 1.78 bits per heavy atom. The Balaban J connectivity index is 1.63. The van der Waals surface area contributed by atoms with Gasteiger partial charge in [0.25, 0.3) is 0 Å². The van der Waals surface area contributed by atoms with Crippen molar-refractivity contribution in [1.29, 1.82) is 0 Å². The van der Waals surface area contributed by atoms with Crippen LogP contribution in [0.1, 0.15) is 18.5 Å². The first-order valence-corrected chi connectivity index (χ1v) is 8.13. The Morgan fingerprint density at radius 1 is 1.09 bits per heavy atom. The van der Waals surface area contributed by atoms with Gasteiger partial charge in [0, 0.05) is 10.7 Å². The minimum absolute atomic E-state index is 0.0399. The second kappa shape index (κ2) is 7.06. The van der Waals surface area contributed by atoms with E-state index in [1.165, 1.54) is 0 Å². The predicted molar refractivity (Wildman–Crippen MR) is 96.7 cm³/mol. The van der Waals surface area contributed by atoms with Crippen LogP contribution in [0.5, 0.6) is 11.5 Å². The number of fused-ring (bicyclic) bond motifs is 1. The summed E-state index contributed by atoms with van der Waals surface area (Å²) in [6.07, 6.45) is 0. The molecule has 0 unspecified atom stereocenters. The minimum atomic E-state index is 0.0399. The topological polar surface area (TPSA) is 42.5 Å². The summed E-state index contributed by atoms with van der Waals surface area (Å²) >= 11 is 11.2. The summed E-state index contributed by atoms with van der Waals surface area (Å²) in [7, 11) is 0. The highest BCUT2D eigenvalue weighted by Crippen LogP contribution is 2.32. The third kappa shape index (κ3) is 4.06. The molecule has 4 nitrogen and oxygen atoms in total. The number of anilines is 1. The van der Waals surface area contributed by atoms with E-state index in [0.29, 0.717) is 23.3 Å². The Bertz CT molecular complexity index is 706. The molecule has 1 aliphatic rings. The van der Waals surface area contributed by atoms with Crippen molar-refractivity contribution in [3.63, 3.8) is 0 Å². The van der Waals surface area contributed by atoms with Crippen LogP contribution in [0.2, 0.25) is 5.02 Å². The monoisotopic (exact) mass is 348 g/mol. The molecule has 0 spiro atoms. The Morgan fingerprint density at radius 3 is 2.52 bits per heavy atom. The van der Waals surface area contributed by atoms with Gasteiger partial charge in [0.15, 0.2) is 16.6 Å². The number of hydrogen-bond acceptors (Lipinski definition) is 3. The summed E-state index contributed by atoms with van der Waals surface area (Å²) in [5.41, 5.74) is 1.97. The molecule has 0 fully saturated rings. The summed E-state index contributed by atoms with van der Waals surface area (Å²) < 4.78 is 11.1. The largest absolute Gasteiger partial charge is 0.486 e. The van der Waals surface area contributed by atoms with E-state index >= 15 is 0 Å². The maximum atomic E-state index is 5.87. The molecule has 0 bridgehead atoms. The van der Waals surface area contributed by atoms with E-state index in [4.69, 9.17) is 33.3 Å². The zero-order chi connectivity index (χ0) is 16.2. The van der Waals surface area contributed by atoms with Gasteiger partial charge in [-0.25, -0.2) is 0 Å². The molecule has 1 aliphatic heterocycles. The molecule has 1 heterocycles. The Kier molecular flexibility index (Phi) is 4.88. The molecule has 0 radical (unpaired) electrons. The summed E-state index contributed by atoms with van der Waals surface area (Å²) in [5, 5.41) is 7.64. The minimum Gasteiger partial charge on any atom is -0.486 e. The highest BCUT2D eigenvalue weighted by molar-refractivity contribution is 7.80. The van der Waals surface area contributed by atoms with Crippen molar-refractivity contribution in [3.05, 3.63) is 53.1 Å². The van der Waals surface area contributed by atoms with Gasteiger partial charge in [0.1, 0.15) is 13.2 Å². The number of ether oxygens (including phenoxy) is 2. The molecule has 0 saturated heterocycles. The Hall–Kier alpha value is -1.98. The maximum Gasteiger partial charge on any atom is 0.171 e. The summed E-state index contributed by atoms with van der Waals surface area (Å²) in [4.78, 5) is 0. The molecule has 23 heavy (non-hydrogen) atoms. The molecule has 2 aromatic carbocycles. The number of benzene rings is 2. The normalized spacial score (nSPS) is 14.0. The highest BCUT2D eigenvalue weighted by Gasteiger charge is 2.15. The zero-order valence-electron chi connectivity index (χ0n) is 12.6. The number of hydrogen-bond donors (Lipinski definition) is 2. The van der Waals surface area contributed by atoms with Crippen LogP contribution < -0.4 is 20.1 Å². The average molecular weight is 349 g/mol. The van der Waals surface area contributed by atoms with Crippen LogP contribution in [-0.2, 0) is 0 Å². The first-order chi connectivity index (χ1) is 11.1. The SMILES string of the molecule is C[C@H](NC(=S)Nc1ccc(Cl)cc1)c1ccc2c(c1)OCCO2. The molecular formula is C17H17ClN2O2S. The van der Waals surface area contributed by atoms with Crippen LogP contribution in [0, 0.1) is 0 Å². The van der Waals surface area contributed by atoms with Crippen LogP contribution in [-0.4, -0.2) is 18.3 Å². The molecule has 0 aliphatic carbocycles. The Labute approximate surface area is 145 Å². The van der Waals surface area contributed by atoms with Gasteiger partial charge in [-0.1, -0.05) is 17.7 Å². The lowest BCUT2D eigenvalue weighted by molar-refractivity contribution is 0.171. The molecule has 2 aromatic rings. The van der Waals surface area contributed by atoms with E-state index in [0.717, 1.165) is 22.7 Å². The fourth-order valence-electron chi connectivity index (χ4n) is 2.31. The lowest BCUT2D eigenvalue weighted by Gasteiger charge is -2.22.